The first kappa shape index (κ1) is 23.0. The summed E-state index contributed by atoms with van der Waals surface area (Å²) in [6, 6.07) is 9.89. The predicted octanol–water partition coefficient (Wildman–Crippen LogP) is 1.80. The SMILES string of the molecule is CC(=O)Sc1ccccc1C(=O)[O-].O=C(O)c1cc(Cl)ccc1[O-].[Cu+2]. The molecule has 0 fully saturated rings. The summed E-state index contributed by atoms with van der Waals surface area (Å²) in [5.74, 6) is -3.04. The Labute approximate surface area is 163 Å². The van der Waals surface area contributed by atoms with Gasteiger partial charge < -0.3 is 20.1 Å². The van der Waals surface area contributed by atoms with Gasteiger partial charge in [-0.25, -0.2) is 4.79 Å². The van der Waals surface area contributed by atoms with Crippen molar-refractivity contribution in [2.24, 2.45) is 0 Å². The van der Waals surface area contributed by atoms with Gasteiger partial charge in [0.2, 0.25) is 0 Å². The van der Waals surface area contributed by atoms with E-state index < -0.39 is 17.7 Å². The van der Waals surface area contributed by atoms with E-state index >= 15 is 0 Å². The van der Waals surface area contributed by atoms with Crippen LogP contribution in [0.15, 0.2) is 47.4 Å². The third kappa shape index (κ3) is 7.62. The van der Waals surface area contributed by atoms with E-state index in [9.17, 15) is 24.6 Å². The van der Waals surface area contributed by atoms with Crippen molar-refractivity contribution < 1.29 is 46.8 Å². The van der Waals surface area contributed by atoms with Crippen molar-refractivity contribution in [3.05, 3.63) is 58.6 Å². The molecule has 0 unspecified atom stereocenters. The Bertz CT molecular complexity index is 781. The quantitative estimate of drug-likeness (QED) is 0.583. The molecule has 0 spiro atoms. The Kier molecular flexibility index (Phi) is 9.93. The van der Waals surface area contributed by atoms with Crippen LogP contribution in [0.1, 0.15) is 27.6 Å². The van der Waals surface area contributed by atoms with Crippen LogP contribution in [0.2, 0.25) is 5.02 Å². The van der Waals surface area contributed by atoms with Crippen LogP contribution in [-0.2, 0) is 21.9 Å². The van der Waals surface area contributed by atoms with Crippen molar-refractivity contribution >= 4 is 40.4 Å². The van der Waals surface area contributed by atoms with Gasteiger partial charge >= 0.3 is 23.0 Å². The van der Waals surface area contributed by atoms with Gasteiger partial charge in [0, 0.05) is 22.4 Å². The van der Waals surface area contributed by atoms with Gasteiger partial charge in [-0.05, 0) is 18.2 Å². The number of rotatable bonds is 3. The van der Waals surface area contributed by atoms with Gasteiger partial charge in [-0.1, -0.05) is 53.4 Å². The summed E-state index contributed by atoms with van der Waals surface area (Å²) in [5, 5.41) is 29.9. The van der Waals surface area contributed by atoms with E-state index in [0.717, 1.165) is 23.9 Å². The van der Waals surface area contributed by atoms with Crippen LogP contribution in [0, 0.1) is 0 Å². The fraction of sp³-hybridized carbons (Fsp3) is 0.0625. The molecular weight excluding hydrogens is 419 g/mol. The number of carbonyl (C=O) groups excluding carboxylic acids is 2. The molecule has 0 aromatic heterocycles. The van der Waals surface area contributed by atoms with E-state index in [-0.39, 0.29) is 38.3 Å². The van der Waals surface area contributed by atoms with Crippen LogP contribution in [-0.4, -0.2) is 22.2 Å². The summed E-state index contributed by atoms with van der Waals surface area (Å²) in [6.45, 7) is 1.39. The van der Waals surface area contributed by atoms with Crippen LogP contribution < -0.4 is 10.2 Å². The number of benzene rings is 2. The molecule has 0 aliphatic heterocycles. The number of thioether (sulfide) groups is 1. The molecule has 0 heterocycles. The van der Waals surface area contributed by atoms with Gasteiger partial charge in [0.25, 0.3) is 0 Å². The zero-order valence-electron chi connectivity index (χ0n) is 12.6. The monoisotopic (exact) mass is 429 g/mol. The van der Waals surface area contributed by atoms with Crippen LogP contribution in [0.5, 0.6) is 5.75 Å². The molecule has 0 amide bonds. The van der Waals surface area contributed by atoms with Crippen molar-refractivity contribution in [3.63, 3.8) is 0 Å². The second-order valence-corrected chi connectivity index (χ2v) is 5.98. The maximum atomic E-state index is 10.8. The number of halogens is 1. The molecule has 1 radical (unpaired) electrons. The minimum Gasteiger partial charge on any atom is -0.872 e. The molecule has 0 aliphatic rings. The Morgan fingerprint density at radius 2 is 1.68 bits per heavy atom. The fourth-order valence-corrected chi connectivity index (χ4v) is 2.44. The molecule has 1 N–H and O–H groups in total. The molecule has 0 saturated heterocycles. The maximum Gasteiger partial charge on any atom is 2.00 e. The van der Waals surface area contributed by atoms with E-state index in [4.69, 9.17) is 16.7 Å². The predicted molar refractivity (Wildman–Crippen MR) is 85.2 cm³/mol. The summed E-state index contributed by atoms with van der Waals surface area (Å²) in [5.41, 5.74) is -0.236. The summed E-state index contributed by atoms with van der Waals surface area (Å²) in [7, 11) is 0. The normalized spacial score (nSPS) is 9.20. The number of hydrogen-bond acceptors (Lipinski definition) is 6. The van der Waals surface area contributed by atoms with Crippen LogP contribution in [0.25, 0.3) is 0 Å². The first-order valence-corrected chi connectivity index (χ1v) is 7.60. The molecule has 0 bridgehead atoms. The average Bonchev–Trinajstić information content (AvgIpc) is 2.50. The Morgan fingerprint density at radius 3 is 2.16 bits per heavy atom. The van der Waals surface area contributed by atoms with Crippen molar-refractivity contribution in [2.45, 2.75) is 11.8 Å². The molecular formula is C16H11ClCuO6S. The topological polar surface area (TPSA) is 118 Å². The zero-order chi connectivity index (χ0) is 18.3. The van der Waals surface area contributed by atoms with Gasteiger partial charge in [-0.3, -0.25) is 4.79 Å². The zero-order valence-corrected chi connectivity index (χ0v) is 15.1. The third-order valence-electron chi connectivity index (χ3n) is 2.53. The molecule has 135 valence electrons. The number of hydrogen-bond donors (Lipinski definition) is 1. The molecule has 2 aromatic carbocycles. The van der Waals surface area contributed by atoms with Gasteiger partial charge in [0.05, 0.1) is 11.5 Å². The van der Waals surface area contributed by atoms with Gasteiger partial charge in [0.15, 0.2) is 5.12 Å². The van der Waals surface area contributed by atoms with Crippen LogP contribution in [0.4, 0.5) is 0 Å². The van der Waals surface area contributed by atoms with Crippen molar-refractivity contribution in [3.8, 4) is 5.75 Å². The van der Waals surface area contributed by atoms with Gasteiger partial charge in [0.1, 0.15) is 0 Å². The largest absolute Gasteiger partial charge is 2.00 e. The standard InChI is InChI=1S/C9H8O3S.C7H5ClO3.Cu/c1-6(10)13-8-5-3-2-4-7(8)9(11)12;8-4-1-2-6(9)5(3-4)7(10)11;/h2-5H,1H3,(H,11,12);1-3,9H,(H,10,11);/q;;+2/p-2. The van der Waals surface area contributed by atoms with Crippen LogP contribution >= 0.6 is 23.4 Å². The minimum absolute atomic E-state index is 0. The van der Waals surface area contributed by atoms with Gasteiger partial charge in [-0.2, -0.15) is 0 Å². The number of carboxylic acid groups (broad SMARTS) is 2. The van der Waals surface area contributed by atoms with E-state index in [1.165, 1.54) is 19.1 Å². The summed E-state index contributed by atoms with van der Waals surface area (Å²) >= 11 is 6.35. The molecule has 2 rings (SSSR count). The second-order valence-electron chi connectivity index (χ2n) is 4.32. The van der Waals surface area contributed by atoms with E-state index in [1.807, 2.05) is 0 Å². The molecule has 25 heavy (non-hydrogen) atoms. The fourth-order valence-electron chi connectivity index (χ4n) is 1.55. The van der Waals surface area contributed by atoms with Gasteiger partial charge in [-0.15, -0.1) is 0 Å². The van der Waals surface area contributed by atoms with Crippen molar-refractivity contribution in [1.82, 2.24) is 0 Å². The van der Waals surface area contributed by atoms with Crippen molar-refractivity contribution in [1.29, 1.82) is 0 Å². The first-order valence-electron chi connectivity index (χ1n) is 6.41. The molecule has 9 heteroatoms. The second kappa shape index (κ2) is 10.8. The summed E-state index contributed by atoms with van der Waals surface area (Å²) in [4.78, 5) is 32.0. The first-order chi connectivity index (χ1) is 11.2. The summed E-state index contributed by atoms with van der Waals surface area (Å²) < 4.78 is 0. The van der Waals surface area contributed by atoms with E-state index in [2.05, 4.69) is 0 Å². The van der Waals surface area contributed by atoms with Crippen LogP contribution in [0.3, 0.4) is 0 Å². The molecule has 0 atom stereocenters. The minimum atomic E-state index is -1.26. The van der Waals surface area contributed by atoms with Crippen molar-refractivity contribution in [2.75, 3.05) is 0 Å². The Hall–Kier alpha value is -1.99. The van der Waals surface area contributed by atoms with E-state index in [0.29, 0.717) is 4.90 Å². The Morgan fingerprint density at radius 1 is 1.08 bits per heavy atom. The number of aromatic carboxylic acids is 2. The average molecular weight is 430 g/mol. The maximum absolute atomic E-state index is 10.8. The molecule has 6 nitrogen and oxygen atoms in total. The van der Waals surface area contributed by atoms with E-state index in [1.54, 1.807) is 18.2 Å². The summed E-state index contributed by atoms with van der Waals surface area (Å²) in [6.07, 6.45) is 0. The number of carboxylic acids is 2. The Balaban J connectivity index is 0.000000449. The smallest absolute Gasteiger partial charge is 0.872 e. The molecule has 2 aromatic rings. The molecule has 0 saturated carbocycles. The third-order valence-corrected chi connectivity index (χ3v) is 3.63. The number of carbonyl (C=O) groups is 3. The molecule has 0 aliphatic carbocycles.